The molecule has 1 aromatic carbocycles. The molecule has 0 atom stereocenters. The lowest BCUT2D eigenvalue weighted by Gasteiger charge is -2.26. The van der Waals surface area contributed by atoms with Crippen molar-refractivity contribution in [3.05, 3.63) is 23.8 Å². The number of fused-ring (bicyclic) bond motifs is 1. The van der Waals surface area contributed by atoms with E-state index in [1.165, 1.54) is 4.31 Å². The molecule has 0 unspecified atom stereocenters. The molecule has 1 amide bonds. The molecule has 0 radical (unpaired) electrons. The second kappa shape index (κ2) is 4.50. The summed E-state index contributed by atoms with van der Waals surface area (Å²) in [4.78, 5) is 11.6. The van der Waals surface area contributed by atoms with Gasteiger partial charge in [0.15, 0.2) is 0 Å². The first kappa shape index (κ1) is 12.4. The highest BCUT2D eigenvalue weighted by molar-refractivity contribution is 7.89. The Bertz CT molecular complexity index is 627. The van der Waals surface area contributed by atoms with Gasteiger partial charge < -0.3 is 10.6 Å². The van der Waals surface area contributed by atoms with Crippen molar-refractivity contribution >= 4 is 21.6 Å². The average molecular weight is 281 g/mol. The number of carbonyl (C=O) groups is 1. The number of rotatable bonds is 2. The molecule has 1 fully saturated rings. The van der Waals surface area contributed by atoms with Gasteiger partial charge in [-0.05, 0) is 30.2 Å². The van der Waals surface area contributed by atoms with Crippen molar-refractivity contribution in [1.82, 2.24) is 9.62 Å². The molecule has 2 aliphatic rings. The number of carbonyl (C=O) groups excluding carboxylic acids is 1. The standard InChI is InChI=1S/C12H15N3O3S/c16-12-8-15(6-5-14-12)19(17,18)10-1-2-11-9(7-10)3-4-13-11/h1-2,7,13H,3-6,8H2,(H,14,16). The van der Waals surface area contributed by atoms with Crippen LogP contribution in [0.4, 0.5) is 5.69 Å². The number of nitrogens with zero attached hydrogens (tertiary/aromatic N) is 1. The lowest BCUT2D eigenvalue weighted by Crippen LogP contribution is -2.49. The summed E-state index contributed by atoms with van der Waals surface area (Å²) in [6, 6.07) is 5.09. The van der Waals surface area contributed by atoms with Crippen LogP contribution in [0.1, 0.15) is 5.56 Å². The molecular formula is C12H15N3O3S. The Morgan fingerprint density at radius 3 is 2.79 bits per heavy atom. The summed E-state index contributed by atoms with van der Waals surface area (Å²) in [5, 5.41) is 5.81. The number of hydrogen-bond acceptors (Lipinski definition) is 4. The number of amides is 1. The van der Waals surface area contributed by atoms with Crippen LogP contribution in [0.3, 0.4) is 0 Å². The van der Waals surface area contributed by atoms with Crippen LogP contribution in [0.25, 0.3) is 0 Å². The Morgan fingerprint density at radius 2 is 2.00 bits per heavy atom. The van der Waals surface area contributed by atoms with E-state index in [1.807, 2.05) is 0 Å². The van der Waals surface area contributed by atoms with Crippen molar-refractivity contribution < 1.29 is 13.2 Å². The summed E-state index contributed by atoms with van der Waals surface area (Å²) in [5.41, 5.74) is 2.01. The third-order valence-corrected chi connectivity index (χ3v) is 5.27. The molecule has 6 nitrogen and oxygen atoms in total. The molecule has 0 aliphatic carbocycles. The number of nitrogens with one attached hydrogen (secondary N) is 2. The van der Waals surface area contributed by atoms with E-state index >= 15 is 0 Å². The largest absolute Gasteiger partial charge is 0.384 e. The molecule has 0 spiro atoms. The van der Waals surface area contributed by atoms with Crippen LogP contribution >= 0.6 is 0 Å². The van der Waals surface area contributed by atoms with E-state index in [0.29, 0.717) is 13.1 Å². The van der Waals surface area contributed by atoms with Gasteiger partial charge in [-0.25, -0.2) is 8.42 Å². The zero-order valence-electron chi connectivity index (χ0n) is 10.3. The van der Waals surface area contributed by atoms with Gasteiger partial charge >= 0.3 is 0 Å². The number of hydrogen-bond donors (Lipinski definition) is 2. The summed E-state index contributed by atoms with van der Waals surface area (Å²) in [6.07, 6.45) is 0.833. The van der Waals surface area contributed by atoms with Gasteiger partial charge in [0.1, 0.15) is 0 Å². The molecular weight excluding hydrogens is 266 g/mol. The highest BCUT2D eigenvalue weighted by Crippen LogP contribution is 2.26. The van der Waals surface area contributed by atoms with Gasteiger partial charge in [-0.15, -0.1) is 0 Å². The van der Waals surface area contributed by atoms with Gasteiger partial charge in [0.25, 0.3) is 0 Å². The molecule has 2 aliphatic heterocycles. The molecule has 0 aromatic heterocycles. The van der Waals surface area contributed by atoms with Crippen LogP contribution in [-0.4, -0.2) is 44.8 Å². The van der Waals surface area contributed by atoms with E-state index in [2.05, 4.69) is 10.6 Å². The summed E-state index contributed by atoms with van der Waals surface area (Å²) in [5.74, 6) is -0.252. The molecule has 2 heterocycles. The van der Waals surface area contributed by atoms with Crippen molar-refractivity contribution in [2.75, 3.05) is 31.5 Å². The average Bonchev–Trinajstić information content (AvgIpc) is 2.85. The number of piperazine rings is 1. The van der Waals surface area contributed by atoms with Crippen molar-refractivity contribution in [3.8, 4) is 0 Å². The Hall–Kier alpha value is -1.60. The minimum Gasteiger partial charge on any atom is -0.384 e. The molecule has 1 aromatic rings. The number of anilines is 1. The number of sulfonamides is 1. The normalized spacial score (nSPS) is 19.7. The van der Waals surface area contributed by atoms with Gasteiger partial charge in [0.2, 0.25) is 15.9 Å². The lowest BCUT2D eigenvalue weighted by molar-refractivity contribution is -0.122. The Morgan fingerprint density at radius 1 is 1.16 bits per heavy atom. The fraction of sp³-hybridized carbons (Fsp3) is 0.417. The minimum atomic E-state index is -3.57. The Balaban J connectivity index is 1.93. The highest BCUT2D eigenvalue weighted by atomic mass is 32.2. The summed E-state index contributed by atoms with van der Waals surface area (Å²) < 4.78 is 26.1. The Labute approximate surface area is 111 Å². The smallest absolute Gasteiger partial charge is 0.243 e. The SMILES string of the molecule is O=C1CN(S(=O)(=O)c2ccc3c(c2)CCN3)CCN1. The molecule has 19 heavy (non-hydrogen) atoms. The monoisotopic (exact) mass is 281 g/mol. The van der Waals surface area contributed by atoms with Crippen molar-refractivity contribution in [3.63, 3.8) is 0 Å². The predicted octanol–water partition coefficient (Wildman–Crippen LogP) is -0.225. The molecule has 0 bridgehead atoms. The van der Waals surface area contributed by atoms with E-state index < -0.39 is 10.0 Å². The van der Waals surface area contributed by atoms with Crippen molar-refractivity contribution in [2.45, 2.75) is 11.3 Å². The fourth-order valence-electron chi connectivity index (χ4n) is 2.41. The summed E-state index contributed by atoms with van der Waals surface area (Å²) >= 11 is 0. The quantitative estimate of drug-likeness (QED) is 0.785. The molecule has 2 N–H and O–H groups in total. The van der Waals surface area contributed by atoms with Gasteiger partial charge in [0.05, 0.1) is 11.4 Å². The fourth-order valence-corrected chi connectivity index (χ4v) is 3.86. The second-order valence-corrected chi connectivity index (χ2v) is 6.62. The summed E-state index contributed by atoms with van der Waals surface area (Å²) in [7, 11) is -3.57. The van der Waals surface area contributed by atoms with Crippen LogP contribution < -0.4 is 10.6 Å². The van der Waals surface area contributed by atoms with Gasteiger partial charge in [-0.1, -0.05) is 0 Å². The zero-order chi connectivity index (χ0) is 13.5. The third kappa shape index (κ3) is 2.19. The summed E-state index contributed by atoms with van der Waals surface area (Å²) in [6.45, 7) is 1.43. The molecule has 7 heteroatoms. The molecule has 0 saturated carbocycles. The molecule has 1 saturated heterocycles. The van der Waals surface area contributed by atoms with Gasteiger partial charge in [-0.3, -0.25) is 4.79 Å². The van der Waals surface area contributed by atoms with Crippen molar-refractivity contribution in [2.24, 2.45) is 0 Å². The predicted molar refractivity (Wildman–Crippen MR) is 70.4 cm³/mol. The topological polar surface area (TPSA) is 78.5 Å². The van der Waals surface area contributed by atoms with E-state index in [0.717, 1.165) is 24.2 Å². The highest BCUT2D eigenvalue weighted by Gasteiger charge is 2.29. The van der Waals surface area contributed by atoms with Gasteiger partial charge in [0, 0.05) is 25.3 Å². The first-order valence-electron chi connectivity index (χ1n) is 6.21. The first-order chi connectivity index (χ1) is 9.07. The Kier molecular flexibility index (Phi) is 2.94. The van der Waals surface area contributed by atoms with Crippen LogP contribution in [-0.2, 0) is 21.2 Å². The first-order valence-corrected chi connectivity index (χ1v) is 7.65. The second-order valence-electron chi connectivity index (χ2n) is 4.68. The molecule has 102 valence electrons. The molecule has 3 rings (SSSR count). The van der Waals surface area contributed by atoms with Crippen LogP contribution in [0.2, 0.25) is 0 Å². The van der Waals surface area contributed by atoms with Gasteiger partial charge in [-0.2, -0.15) is 4.31 Å². The maximum Gasteiger partial charge on any atom is 0.243 e. The van der Waals surface area contributed by atoms with Crippen LogP contribution in [0, 0.1) is 0 Å². The lowest BCUT2D eigenvalue weighted by atomic mass is 10.2. The van der Waals surface area contributed by atoms with Crippen molar-refractivity contribution in [1.29, 1.82) is 0 Å². The van der Waals surface area contributed by atoms with Crippen LogP contribution in [0.15, 0.2) is 23.1 Å². The van der Waals surface area contributed by atoms with E-state index in [1.54, 1.807) is 18.2 Å². The maximum absolute atomic E-state index is 12.5. The van der Waals surface area contributed by atoms with E-state index in [4.69, 9.17) is 0 Å². The van der Waals surface area contributed by atoms with Crippen LogP contribution in [0.5, 0.6) is 0 Å². The minimum absolute atomic E-state index is 0.0995. The zero-order valence-corrected chi connectivity index (χ0v) is 11.2. The third-order valence-electron chi connectivity index (χ3n) is 3.43. The maximum atomic E-state index is 12.5. The number of benzene rings is 1. The van der Waals surface area contributed by atoms with E-state index in [9.17, 15) is 13.2 Å². The van der Waals surface area contributed by atoms with E-state index in [-0.39, 0.29) is 17.3 Å².